The summed E-state index contributed by atoms with van der Waals surface area (Å²) in [6.07, 6.45) is 0.660. The Hall–Kier alpha value is -1.82. The summed E-state index contributed by atoms with van der Waals surface area (Å²) in [5.74, 6) is 0.250. The minimum Gasteiger partial charge on any atom is -0.490 e. The second kappa shape index (κ2) is 6.80. The third-order valence-electron chi connectivity index (χ3n) is 2.69. The maximum Gasteiger partial charge on any atom is 0.311 e. The fourth-order valence-corrected chi connectivity index (χ4v) is 1.75. The lowest BCUT2D eigenvalue weighted by atomic mass is 10.2. The van der Waals surface area contributed by atoms with Crippen molar-refractivity contribution in [3.8, 4) is 5.75 Å². The summed E-state index contributed by atoms with van der Waals surface area (Å²) in [7, 11) is 1.41. The van der Waals surface area contributed by atoms with Crippen LogP contribution in [0, 0.1) is 10.1 Å². The number of anilines is 1. The van der Waals surface area contributed by atoms with E-state index in [1.54, 1.807) is 12.1 Å². The Morgan fingerprint density at radius 3 is 2.72 bits per heavy atom. The number of aliphatic hydroxyl groups is 1. The second-order valence-corrected chi connectivity index (χ2v) is 3.77. The van der Waals surface area contributed by atoms with E-state index in [1.807, 2.05) is 11.8 Å². The monoisotopic (exact) mass is 254 g/mol. The Kier molecular flexibility index (Phi) is 5.38. The van der Waals surface area contributed by atoms with Crippen molar-refractivity contribution >= 4 is 11.4 Å². The van der Waals surface area contributed by atoms with Crippen LogP contribution < -0.4 is 9.64 Å². The van der Waals surface area contributed by atoms with Crippen molar-refractivity contribution < 1.29 is 14.8 Å². The summed E-state index contributed by atoms with van der Waals surface area (Å²) >= 11 is 0. The molecule has 0 amide bonds. The fraction of sp³-hybridized carbons (Fsp3) is 0.500. The number of benzene rings is 1. The summed E-state index contributed by atoms with van der Waals surface area (Å²) in [6, 6.07) is 4.79. The van der Waals surface area contributed by atoms with Crippen molar-refractivity contribution in [3.63, 3.8) is 0 Å². The van der Waals surface area contributed by atoms with E-state index in [-0.39, 0.29) is 18.0 Å². The number of hydrogen-bond donors (Lipinski definition) is 1. The standard InChI is InChI=1S/C12H18N2O4/c1-3-13(7-4-8-15)10-5-6-11(14(16)17)12(9-10)18-2/h5-6,9,15H,3-4,7-8H2,1-2H3. The molecule has 0 unspecified atom stereocenters. The van der Waals surface area contributed by atoms with E-state index in [1.165, 1.54) is 13.2 Å². The molecular formula is C12H18N2O4. The van der Waals surface area contributed by atoms with Crippen molar-refractivity contribution in [2.24, 2.45) is 0 Å². The molecule has 0 aliphatic carbocycles. The highest BCUT2D eigenvalue weighted by molar-refractivity contribution is 5.59. The van der Waals surface area contributed by atoms with Gasteiger partial charge in [0.15, 0.2) is 5.75 Å². The number of rotatable bonds is 7. The van der Waals surface area contributed by atoms with Gasteiger partial charge in [-0.15, -0.1) is 0 Å². The molecular weight excluding hydrogens is 236 g/mol. The van der Waals surface area contributed by atoms with E-state index in [2.05, 4.69) is 0 Å². The Labute approximate surface area is 106 Å². The van der Waals surface area contributed by atoms with Crippen molar-refractivity contribution in [2.45, 2.75) is 13.3 Å². The molecule has 0 saturated carbocycles. The summed E-state index contributed by atoms with van der Waals surface area (Å²) < 4.78 is 5.03. The number of methoxy groups -OCH3 is 1. The molecule has 100 valence electrons. The van der Waals surface area contributed by atoms with Gasteiger partial charge in [-0.2, -0.15) is 0 Å². The summed E-state index contributed by atoms with van der Waals surface area (Å²) in [5.41, 5.74) is 0.813. The Morgan fingerprint density at radius 2 is 2.22 bits per heavy atom. The number of ether oxygens (including phenoxy) is 1. The van der Waals surface area contributed by atoms with Crippen molar-refractivity contribution in [1.82, 2.24) is 0 Å². The van der Waals surface area contributed by atoms with Crippen LogP contribution in [0.25, 0.3) is 0 Å². The van der Waals surface area contributed by atoms with Crippen molar-refractivity contribution in [1.29, 1.82) is 0 Å². The van der Waals surface area contributed by atoms with E-state index in [0.29, 0.717) is 13.0 Å². The highest BCUT2D eigenvalue weighted by Gasteiger charge is 2.16. The van der Waals surface area contributed by atoms with Crippen molar-refractivity contribution in [3.05, 3.63) is 28.3 Å². The molecule has 1 aromatic carbocycles. The van der Waals surface area contributed by atoms with Gasteiger partial charge >= 0.3 is 5.69 Å². The van der Waals surface area contributed by atoms with E-state index in [0.717, 1.165) is 12.2 Å². The van der Waals surface area contributed by atoms with Gasteiger partial charge < -0.3 is 14.7 Å². The molecule has 0 atom stereocenters. The molecule has 1 aromatic rings. The first-order chi connectivity index (χ1) is 8.63. The zero-order valence-corrected chi connectivity index (χ0v) is 10.6. The van der Waals surface area contributed by atoms with Crippen LogP contribution >= 0.6 is 0 Å². The Balaban J connectivity index is 2.99. The molecule has 0 fully saturated rings. The first-order valence-electron chi connectivity index (χ1n) is 5.82. The second-order valence-electron chi connectivity index (χ2n) is 3.77. The molecule has 18 heavy (non-hydrogen) atoms. The molecule has 0 spiro atoms. The lowest BCUT2D eigenvalue weighted by molar-refractivity contribution is -0.385. The highest BCUT2D eigenvalue weighted by Crippen LogP contribution is 2.31. The molecule has 0 aliphatic heterocycles. The van der Waals surface area contributed by atoms with E-state index >= 15 is 0 Å². The minimum atomic E-state index is -0.466. The highest BCUT2D eigenvalue weighted by atomic mass is 16.6. The summed E-state index contributed by atoms with van der Waals surface area (Å²) in [4.78, 5) is 12.3. The van der Waals surface area contributed by atoms with Crippen LogP contribution in [-0.2, 0) is 0 Å². The lowest BCUT2D eigenvalue weighted by Gasteiger charge is -2.23. The van der Waals surface area contributed by atoms with Gasteiger partial charge in [0, 0.05) is 37.5 Å². The largest absolute Gasteiger partial charge is 0.490 e. The molecule has 1 rings (SSSR count). The maximum absolute atomic E-state index is 10.8. The van der Waals surface area contributed by atoms with Crippen LogP contribution in [-0.4, -0.2) is 36.8 Å². The van der Waals surface area contributed by atoms with Crippen LogP contribution in [0.2, 0.25) is 0 Å². The molecule has 0 saturated heterocycles. The predicted octanol–water partition coefficient (Wildman–Crippen LogP) is 1.81. The number of nitro benzene ring substituents is 1. The van der Waals surface area contributed by atoms with Gasteiger partial charge in [0.2, 0.25) is 0 Å². The molecule has 0 radical (unpaired) electrons. The summed E-state index contributed by atoms with van der Waals surface area (Å²) in [6.45, 7) is 3.58. The molecule has 0 bridgehead atoms. The number of nitro groups is 1. The Morgan fingerprint density at radius 1 is 1.50 bits per heavy atom. The molecule has 0 aromatic heterocycles. The number of nitrogens with zero attached hydrogens (tertiary/aromatic N) is 2. The van der Waals surface area contributed by atoms with Gasteiger partial charge in [-0.25, -0.2) is 0 Å². The average molecular weight is 254 g/mol. The average Bonchev–Trinajstić information content (AvgIpc) is 2.39. The lowest BCUT2D eigenvalue weighted by Crippen LogP contribution is -2.24. The Bertz CT molecular complexity index is 409. The van der Waals surface area contributed by atoms with Crippen LogP contribution in [0.15, 0.2) is 18.2 Å². The predicted molar refractivity (Wildman–Crippen MR) is 69.2 cm³/mol. The van der Waals surface area contributed by atoms with E-state index in [4.69, 9.17) is 9.84 Å². The molecule has 6 heteroatoms. The van der Waals surface area contributed by atoms with E-state index in [9.17, 15) is 10.1 Å². The van der Waals surface area contributed by atoms with Crippen LogP contribution in [0.1, 0.15) is 13.3 Å². The van der Waals surface area contributed by atoms with Crippen LogP contribution in [0.3, 0.4) is 0 Å². The zero-order chi connectivity index (χ0) is 13.5. The smallest absolute Gasteiger partial charge is 0.311 e. The van der Waals surface area contributed by atoms with E-state index < -0.39 is 4.92 Å². The zero-order valence-electron chi connectivity index (χ0n) is 10.6. The summed E-state index contributed by atoms with van der Waals surface area (Å²) in [5, 5.41) is 19.6. The quantitative estimate of drug-likeness (QED) is 0.593. The van der Waals surface area contributed by atoms with Crippen molar-refractivity contribution in [2.75, 3.05) is 31.7 Å². The molecule has 6 nitrogen and oxygen atoms in total. The maximum atomic E-state index is 10.8. The number of aliphatic hydroxyl groups excluding tert-OH is 1. The van der Waals surface area contributed by atoms with Gasteiger partial charge in [0.05, 0.1) is 12.0 Å². The topological polar surface area (TPSA) is 75.8 Å². The van der Waals surface area contributed by atoms with Gasteiger partial charge in [-0.05, 0) is 19.4 Å². The molecule has 1 N–H and O–H groups in total. The van der Waals surface area contributed by atoms with Crippen LogP contribution in [0.4, 0.5) is 11.4 Å². The SMILES string of the molecule is CCN(CCCO)c1ccc([N+](=O)[O-])c(OC)c1. The third-order valence-corrected chi connectivity index (χ3v) is 2.69. The first kappa shape index (κ1) is 14.2. The molecule has 0 aliphatic rings. The fourth-order valence-electron chi connectivity index (χ4n) is 1.75. The third kappa shape index (κ3) is 3.33. The first-order valence-corrected chi connectivity index (χ1v) is 5.82. The minimum absolute atomic E-state index is 0.0422. The normalized spacial score (nSPS) is 10.2. The van der Waals surface area contributed by atoms with Gasteiger partial charge in [0.25, 0.3) is 0 Å². The number of hydrogen-bond acceptors (Lipinski definition) is 5. The van der Waals surface area contributed by atoms with Gasteiger partial charge in [0.1, 0.15) is 0 Å². The van der Waals surface area contributed by atoms with Gasteiger partial charge in [-0.3, -0.25) is 10.1 Å². The van der Waals surface area contributed by atoms with Crippen LogP contribution in [0.5, 0.6) is 5.75 Å². The van der Waals surface area contributed by atoms with Gasteiger partial charge in [-0.1, -0.05) is 0 Å². The molecule has 0 heterocycles.